The molecule has 9 heteroatoms. The van der Waals surface area contributed by atoms with E-state index in [1.165, 1.54) is 36.5 Å². The fourth-order valence-electron chi connectivity index (χ4n) is 2.90. The number of aromatic nitrogens is 2. The van der Waals surface area contributed by atoms with Gasteiger partial charge in [-0.25, -0.2) is 13.1 Å². The van der Waals surface area contributed by atoms with Gasteiger partial charge in [-0.1, -0.05) is 11.6 Å². The van der Waals surface area contributed by atoms with Crippen LogP contribution in [0.1, 0.15) is 27.3 Å². The van der Waals surface area contributed by atoms with Gasteiger partial charge in [-0.2, -0.15) is 5.26 Å². The van der Waals surface area contributed by atoms with Crippen molar-refractivity contribution >= 4 is 27.4 Å². The van der Waals surface area contributed by atoms with Gasteiger partial charge in [-0.15, -0.1) is 0 Å². The number of nitrogens with zero attached hydrogens (tertiary/aromatic N) is 3. The van der Waals surface area contributed by atoms with E-state index in [-0.39, 0.29) is 23.6 Å². The summed E-state index contributed by atoms with van der Waals surface area (Å²) in [5.74, 6) is -0.272. The normalized spacial score (nSPS) is 11.2. The lowest BCUT2D eigenvalue weighted by molar-refractivity contribution is 0.103. The Morgan fingerprint density at radius 3 is 2.62 bits per heavy atom. The van der Waals surface area contributed by atoms with Gasteiger partial charge in [0.25, 0.3) is 0 Å². The molecule has 3 aromatic rings. The standard InChI is InChI=1S/C20H17ClN4O3S/c1-25-16(12-22)11-18(20(26)14-3-2-9-23-13-14)19(25)8-10-24-29(27,28)17-6-4-15(21)5-7-17/h2-7,9,11,13,24H,8,10H2,1H3. The molecule has 1 N–H and O–H groups in total. The number of benzene rings is 1. The molecule has 148 valence electrons. The first kappa shape index (κ1) is 20.7. The number of hydrogen-bond donors (Lipinski definition) is 1. The van der Waals surface area contributed by atoms with Crippen LogP contribution in [0, 0.1) is 11.3 Å². The molecule has 0 amide bonds. The second-order valence-corrected chi connectivity index (χ2v) is 8.44. The number of nitriles is 1. The molecule has 0 spiro atoms. The summed E-state index contributed by atoms with van der Waals surface area (Å²) >= 11 is 5.80. The quantitative estimate of drug-likeness (QED) is 0.582. The molecule has 0 bridgehead atoms. The molecule has 0 aliphatic carbocycles. The smallest absolute Gasteiger partial charge is 0.240 e. The number of carbonyl (C=O) groups is 1. The number of pyridine rings is 1. The summed E-state index contributed by atoms with van der Waals surface area (Å²) in [6, 6.07) is 12.7. The van der Waals surface area contributed by atoms with E-state index in [1.54, 1.807) is 29.9 Å². The predicted molar refractivity (Wildman–Crippen MR) is 108 cm³/mol. The van der Waals surface area contributed by atoms with Crippen LogP contribution < -0.4 is 4.72 Å². The van der Waals surface area contributed by atoms with Gasteiger partial charge in [-0.05, 0) is 42.5 Å². The second kappa shape index (κ2) is 8.57. The summed E-state index contributed by atoms with van der Waals surface area (Å²) in [7, 11) is -2.05. The number of hydrogen-bond acceptors (Lipinski definition) is 5. The fourth-order valence-corrected chi connectivity index (χ4v) is 4.06. The Morgan fingerprint density at radius 1 is 1.28 bits per heavy atom. The van der Waals surface area contributed by atoms with Gasteiger partial charge in [0, 0.05) is 54.3 Å². The highest BCUT2D eigenvalue weighted by atomic mass is 35.5. The highest BCUT2D eigenvalue weighted by Crippen LogP contribution is 2.20. The topological polar surface area (TPSA) is 105 Å². The monoisotopic (exact) mass is 428 g/mol. The van der Waals surface area contributed by atoms with Crippen molar-refractivity contribution in [2.45, 2.75) is 11.3 Å². The van der Waals surface area contributed by atoms with Crippen molar-refractivity contribution in [3.05, 3.63) is 82.4 Å². The minimum absolute atomic E-state index is 0.0565. The zero-order valence-electron chi connectivity index (χ0n) is 15.5. The molecule has 0 aliphatic rings. The van der Waals surface area contributed by atoms with Gasteiger partial charge in [0.2, 0.25) is 10.0 Å². The molecule has 0 saturated carbocycles. The van der Waals surface area contributed by atoms with Crippen molar-refractivity contribution in [1.29, 1.82) is 5.26 Å². The third-order valence-electron chi connectivity index (χ3n) is 4.42. The summed E-state index contributed by atoms with van der Waals surface area (Å²) in [5, 5.41) is 9.76. The molecule has 3 rings (SSSR count). The Labute approximate surface area is 173 Å². The van der Waals surface area contributed by atoms with Crippen LogP contribution in [0.5, 0.6) is 0 Å². The van der Waals surface area contributed by atoms with Crippen LogP contribution in [-0.2, 0) is 23.5 Å². The van der Waals surface area contributed by atoms with E-state index >= 15 is 0 Å². The molecular formula is C20H17ClN4O3S. The van der Waals surface area contributed by atoms with Crippen LogP contribution in [0.25, 0.3) is 0 Å². The summed E-state index contributed by atoms with van der Waals surface area (Å²) in [4.78, 5) is 16.9. The maximum absolute atomic E-state index is 12.8. The fraction of sp³-hybridized carbons (Fsp3) is 0.150. The predicted octanol–water partition coefficient (Wildman–Crippen LogP) is 2.70. The van der Waals surface area contributed by atoms with E-state index in [2.05, 4.69) is 9.71 Å². The molecule has 2 aromatic heterocycles. The maximum atomic E-state index is 12.8. The first-order valence-corrected chi connectivity index (χ1v) is 10.5. The zero-order chi connectivity index (χ0) is 21.0. The van der Waals surface area contributed by atoms with Gasteiger partial charge in [-0.3, -0.25) is 9.78 Å². The number of halogens is 1. The van der Waals surface area contributed by atoms with Gasteiger partial charge in [0.15, 0.2) is 5.78 Å². The van der Waals surface area contributed by atoms with Gasteiger partial charge < -0.3 is 4.57 Å². The molecule has 0 aliphatic heterocycles. The van der Waals surface area contributed by atoms with E-state index in [4.69, 9.17) is 11.6 Å². The van der Waals surface area contributed by atoms with Gasteiger partial charge in [0.1, 0.15) is 11.8 Å². The SMILES string of the molecule is Cn1c(C#N)cc(C(=O)c2cccnc2)c1CCNS(=O)(=O)c1ccc(Cl)cc1. The molecule has 0 fully saturated rings. The minimum Gasteiger partial charge on any atom is -0.339 e. The summed E-state index contributed by atoms with van der Waals surface area (Å²) < 4.78 is 29.0. The minimum atomic E-state index is -3.72. The van der Waals surface area contributed by atoms with Crippen molar-refractivity contribution in [2.75, 3.05) is 6.54 Å². The lowest BCUT2D eigenvalue weighted by atomic mass is 10.0. The zero-order valence-corrected chi connectivity index (χ0v) is 17.0. The van der Waals surface area contributed by atoms with Crippen molar-refractivity contribution in [1.82, 2.24) is 14.3 Å². The van der Waals surface area contributed by atoms with E-state index < -0.39 is 10.0 Å². The third-order valence-corrected chi connectivity index (χ3v) is 6.15. The lowest BCUT2D eigenvalue weighted by Gasteiger charge is -2.10. The Balaban J connectivity index is 1.82. The largest absolute Gasteiger partial charge is 0.339 e. The highest BCUT2D eigenvalue weighted by Gasteiger charge is 2.21. The lowest BCUT2D eigenvalue weighted by Crippen LogP contribution is -2.27. The second-order valence-electron chi connectivity index (χ2n) is 6.23. The molecular weight excluding hydrogens is 412 g/mol. The van der Waals surface area contributed by atoms with Crippen molar-refractivity contribution in [2.24, 2.45) is 7.05 Å². The summed E-state index contributed by atoms with van der Waals surface area (Å²) in [5.41, 5.74) is 1.62. The molecule has 0 radical (unpaired) electrons. The van der Waals surface area contributed by atoms with E-state index in [0.717, 1.165) is 0 Å². The first-order valence-electron chi connectivity index (χ1n) is 8.62. The maximum Gasteiger partial charge on any atom is 0.240 e. The number of carbonyl (C=O) groups excluding carboxylic acids is 1. The Bertz CT molecular complexity index is 1180. The van der Waals surface area contributed by atoms with Gasteiger partial charge >= 0.3 is 0 Å². The van der Waals surface area contributed by atoms with E-state index in [1.807, 2.05) is 6.07 Å². The molecule has 2 heterocycles. The third kappa shape index (κ3) is 4.54. The number of rotatable bonds is 7. The van der Waals surface area contributed by atoms with Crippen molar-refractivity contribution < 1.29 is 13.2 Å². The number of ketones is 1. The summed E-state index contributed by atoms with van der Waals surface area (Å²) in [6.45, 7) is 0.0565. The Hall–Kier alpha value is -2.99. The molecule has 29 heavy (non-hydrogen) atoms. The number of sulfonamides is 1. The van der Waals surface area contributed by atoms with Crippen LogP contribution >= 0.6 is 11.6 Å². The van der Waals surface area contributed by atoms with Crippen molar-refractivity contribution in [3.63, 3.8) is 0 Å². The molecule has 7 nitrogen and oxygen atoms in total. The van der Waals surface area contributed by atoms with Crippen LogP contribution in [0.2, 0.25) is 5.02 Å². The van der Waals surface area contributed by atoms with Crippen molar-refractivity contribution in [3.8, 4) is 6.07 Å². The first-order chi connectivity index (χ1) is 13.8. The molecule has 0 atom stereocenters. The molecule has 1 aromatic carbocycles. The average Bonchev–Trinajstić information content (AvgIpc) is 3.04. The molecule has 0 unspecified atom stereocenters. The number of nitrogens with one attached hydrogen (secondary N) is 1. The van der Waals surface area contributed by atoms with Crippen LogP contribution in [0.3, 0.4) is 0 Å². The van der Waals surface area contributed by atoms with E-state index in [9.17, 15) is 18.5 Å². The Kier molecular flexibility index (Phi) is 6.13. The van der Waals surface area contributed by atoms with Crippen LogP contribution in [0.15, 0.2) is 59.8 Å². The van der Waals surface area contributed by atoms with E-state index in [0.29, 0.717) is 27.5 Å². The highest BCUT2D eigenvalue weighted by molar-refractivity contribution is 7.89. The van der Waals surface area contributed by atoms with Crippen LogP contribution in [0.4, 0.5) is 0 Å². The van der Waals surface area contributed by atoms with Crippen LogP contribution in [-0.4, -0.2) is 30.3 Å². The summed E-state index contributed by atoms with van der Waals surface area (Å²) in [6.07, 6.45) is 3.25. The van der Waals surface area contributed by atoms with Gasteiger partial charge in [0.05, 0.1) is 4.90 Å². The Morgan fingerprint density at radius 2 is 2.00 bits per heavy atom. The molecule has 0 saturated heterocycles. The average molecular weight is 429 g/mol.